The zero-order valence-corrected chi connectivity index (χ0v) is 13.3. The van der Waals surface area contributed by atoms with Gasteiger partial charge in [0, 0.05) is 36.2 Å². The van der Waals surface area contributed by atoms with Crippen LogP contribution in [-0.2, 0) is 0 Å². The fraction of sp³-hybridized carbons (Fsp3) is 0.625. The largest absolute Gasteiger partial charge is 0.329 e. The van der Waals surface area contributed by atoms with Crippen LogP contribution in [0.1, 0.15) is 36.6 Å². The summed E-state index contributed by atoms with van der Waals surface area (Å²) in [4.78, 5) is 2.60. The normalized spacial score (nSPS) is 26.4. The summed E-state index contributed by atoms with van der Waals surface area (Å²) in [5, 5.41) is 0.688. The van der Waals surface area contributed by atoms with Crippen LogP contribution in [0.3, 0.4) is 0 Å². The predicted octanol–water partition coefficient (Wildman–Crippen LogP) is 3.13. The SMILES string of the molecule is Cc1ccc(C)c(C(CN)N2CCSC(C)C2C)c1. The van der Waals surface area contributed by atoms with Crippen molar-refractivity contribution in [2.24, 2.45) is 5.73 Å². The number of aryl methyl sites for hydroxylation is 2. The van der Waals surface area contributed by atoms with Crippen molar-refractivity contribution in [3.8, 4) is 0 Å². The van der Waals surface area contributed by atoms with Gasteiger partial charge in [-0.15, -0.1) is 0 Å². The van der Waals surface area contributed by atoms with Gasteiger partial charge in [0.2, 0.25) is 0 Å². The number of nitrogens with two attached hydrogens (primary N) is 1. The number of hydrogen-bond acceptors (Lipinski definition) is 3. The summed E-state index contributed by atoms with van der Waals surface area (Å²) in [7, 11) is 0. The lowest BCUT2D eigenvalue weighted by Crippen LogP contribution is -2.48. The molecule has 19 heavy (non-hydrogen) atoms. The van der Waals surface area contributed by atoms with Crippen LogP contribution < -0.4 is 5.73 Å². The summed E-state index contributed by atoms with van der Waals surface area (Å²) >= 11 is 2.08. The maximum Gasteiger partial charge on any atom is 0.0476 e. The van der Waals surface area contributed by atoms with Gasteiger partial charge in [0.15, 0.2) is 0 Å². The molecule has 1 aliphatic rings. The van der Waals surface area contributed by atoms with Crippen LogP contribution in [0, 0.1) is 13.8 Å². The molecule has 0 radical (unpaired) electrons. The average Bonchev–Trinajstić information content (AvgIpc) is 2.39. The molecule has 1 fully saturated rings. The monoisotopic (exact) mass is 278 g/mol. The Labute approximate surface area is 121 Å². The molecule has 0 saturated carbocycles. The molecule has 0 aromatic heterocycles. The molecule has 3 unspecified atom stereocenters. The first-order valence-corrected chi connectivity index (χ1v) is 8.24. The predicted molar refractivity (Wildman–Crippen MR) is 85.8 cm³/mol. The summed E-state index contributed by atoms with van der Waals surface area (Å²) in [6.45, 7) is 10.9. The van der Waals surface area contributed by atoms with Crippen molar-refractivity contribution in [1.82, 2.24) is 4.90 Å². The smallest absolute Gasteiger partial charge is 0.0476 e. The van der Waals surface area contributed by atoms with E-state index in [0.717, 1.165) is 6.54 Å². The van der Waals surface area contributed by atoms with Crippen LogP contribution >= 0.6 is 11.8 Å². The number of rotatable bonds is 3. The number of thioether (sulfide) groups is 1. The third-order valence-electron chi connectivity index (χ3n) is 4.35. The van der Waals surface area contributed by atoms with Gasteiger partial charge in [-0.05, 0) is 31.9 Å². The second-order valence-corrected chi connectivity index (χ2v) is 7.15. The Balaban J connectivity index is 2.30. The van der Waals surface area contributed by atoms with Gasteiger partial charge in [-0.3, -0.25) is 4.90 Å². The van der Waals surface area contributed by atoms with E-state index in [1.807, 2.05) is 0 Å². The summed E-state index contributed by atoms with van der Waals surface area (Å²) in [6.07, 6.45) is 0. The van der Waals surface area contributed by atoms with Crippen molar-refractivity contribution >= 4 is 11.8 Å². The lowest BCUT2D eigenvalue weighted by molar-refractivity contribution is 0.150. The summed E-state index contributed by atoms with van der Waals surface area (Å²) in [5.41, 5.74) is 10.2. The van der Waals surface area contributed by atoms with Crippen molar-refractivity contribution in [3.63, 3.8) is 0 Å². The highest BCUT2D eigenvalue weighted by atomic mass is 32.2. The molecule has 2 rings (SSSR count). The first kappa shape index (κ1) is 14.9. The molecule has 0 aliphatic carbocycles. The molecule has 1 aromatic rings. The molecule has 0 amide bonds. The van der Waals surface area contributed by atoms with E-state index in [2.05, 4.69) is 62.6 Å². The van der Waals surface area contributed by atoms with E-state index < -0.39 is 0 Å². The number of hydrogen-bond donors (Lipinski definition) is 1. The van der Waals surface area contributed by atoms with E-state index in [4.69, 9.17) is 5.73 Å². The molecule has 1 heterocycles. The minimum absolute atomic E-state index is 0.359. The molecule has 2 N–H and O–H groups in total. The lowest BCUT2D eigenvalue weighted by Gasteiger charge is -2.42. The molecular weight excluding hydrogens is 252 g/mol. The van der Waals surface area contributed by atoms with E-state index in [0.29, 0.717) is 23.9 Å². The van der Waals surface area contributed by atoms with Crippen LogP contribution in [0.25, 0.3) is 0 Å². The van der Waals surface area contributed by atoms with E-state index in [1.54, 1.807) is 0 Å². The quantitative estimate of drug-likeness (QED) is 0.921. The molecule has 3 atom stereocenters. The van der Waals surface area contributed by atoms with Crippen LogP contribution in [0.15, 0.2) is 18.2 Å². The minimum atomic E-state index is 0.359. The van der Waals surface area contributed by atoms with Gasteiger partial charge >= 0.3 is 0 Å². The van der Waals surface area contributed by atoms with Crippen molar-refractivity contribution < 1.29 is 0 Å². The Hall–Kier alpha value is -0.510. The van der Waals surface area contributed by atoms with E-state index in [-0.39, 0.29) is 0 Å². The second-order valence-electron chi connectivity index (χ2n) is 5.67. The van der Waals surface area contributed by atoms with Crippen molar-refractivity contribution in [3.05, 3.63) is 34.9 Å². The average molecular weight is 278 g/mol. The third-order valence-corrected chi connectivity index (χ3v) is 5.69. The minimum Gasteiger partial charge on any atom is -0.329 e. The Kier molecular flexibility index (Phi) is 4.93. The Morgan fingerprint density at radius 3 is 2.79 bits per heavy atom. The van der Waals surface area contributed by atoms with Gasteiger partial charge < -0.3 is 5.73 Å². The molecule has 0 spiro atoms. The molecule has 106 valence electrons. The van der Waals surface area contributed by atoms with E-state index in [9.17, 15) is 0 Å². The van der Waals surface area contributed by atoms with Crippen molar-refractivity contribution in [2.45, 2.75) is 45.0 Å². The van der Waals surface area contributed by atoms with Crippen LogP contribution in [0.4, 0.5) is 0 Å². The van der Waals surface area contributed by atoms with Crippen molar-refractivity contribution in [1.29, 1.82) is 0 Å². The van der Waals surface area contributed by atoms with E-state index in [1.165, 1.54) is 22.4 Å². The molecule has 1 aliphatic heterocycles. The van der Waals surface area contributed by atoms with Crippen LogP contribution in [-0.4, -0.2) is 35.0 Å². The molecule has 3 heteroatoms. The highest BCUT2D eigenvalue weighted by Gasteiger charge is 2.31. The number of nitrogens with zero attached hydrogens (tertiary/aromatic N) is 1. The first-order chi connectivity index (χ1) is 9.04. The van der Waals surface area contributed by atoms with Crippen LogP contribution in [0.5, 0.6) is 0 Å². The van der Waals surface area contributed by atoms with Gasteiger partial charge in [-0.1, -0.05) is 30.7 Å². The summed E-state index contributed by atoms with van der Waals surface area (Å²) in [6, 6.07) is 7.67. The first-order valence-electron chi connectivity index (χ1n) is 7.19. The molecule has 2 nitrogen and oxygen atoms in total. The Morgan fingerprint density at radius 1 is 1.37 bits per heavy atom. The van der Waals surface area contributed by atoms with Crippen molar-refractivity contribution in [2.75, 3.05) is 18.8 Å². The van der Waals surface area contributed by atoms with Gasteiger partial charge in [0.1, 0.15) is 0 Å². The maximum absolute atomic E-state index is 6.11. The molecule has 1 saturated heterocycles. The fourth-order valence-corrected chi connectivity index (χ4v) is 4.08. The number of benzene rings is 1. The van der Waals surface area contributed by atoms with Gasteiger partial charge in [-0.2, -0.15) is 11.8 Å². The zero-order valence-electron chi connectivity index (χ0n) is 12.5. The van der Waals surface area contributed by atoms with Crippen LogP contribution in [0.2, 0.25) is 0 Å². The van der Waals surface area contributed by atoms with Gasteiger partial charge in [-0.25, -0.2) is 0 Å². The summed E-state index contributed by atoms with van der Waals surface area (Å²) in [5.74, 6) is 1.22. The maximum atomic E-state index is 6.11. The summed E-state index contributed by atoms with van der Waals surface area (Å²) < 4.78 is 0. The fourth-order valence-electron chi connectivity index (χ4n) is 2.96. The Morgan fingerprint density at radius 2 is 2.11 bits per heavy atom. The van der Waals surface area contributed by atoms with E-state index >= 15 is 0 Å². The molecule has 1 aromatic carbocycles. The van der Waals surface area contributed by atoms with Gasteiger partial charge in [0.25, 0.3) is 0 Å². The highest BCUT2D eigenvalue weighted by Crippen LogP contribution is 2.32. The standard InChI is InChI=1S/C16H26N2S/c1-11-5-6-12(2)15(9-11)16(10-17)18-7-8-19-14(4)13(18)3/h5-6,9,13-14,16H,7-8,10,17H2,1-4H3. The third kappa shape index (κ3) is 3.15. The topological polar surface area (TPSA) is 29.3 Å². The second kappa shape index (κ2) is 6.29. The Bertz CT molecular complexity index is 433. The zero-order chi connectivity index (χ0) is 14.0. The highest BCUT2D eigenvalue weighted by molar-refractivity contribution is 8.00. The lowest BCUT2D eigenvalue weighted by atomic mass is 9.96. The molecular formula is C16H26N2S. The van der Waals surface area contributed by atoms with Gasteiger partial charge in [0.05, 0.1) is 0 Å². The molecule has 0 bridgehead atoms.